The number of ether oxygens (including phenoxy) is 1. The molecular formula is C17H25BrN2O. The van der Waals surface area contributed by atoms with Crippen molar-refractivity contribution < 1.29 is 4.74 Å². The van der Waals surface area contributed by atoms with Gasteiger partial charge in [-0.1, -0.05) is 13.0 Å². The van der Waals surface area contributed by atoms with Crippen molar-refractivity contribution in [1.82, 2.24) is 10.2 Å². The summed E-state index contributed by atoms with van der Waals surface area (Å²) < 4.78 is 6.37. The normalized spacial score (nSPS) is 26.8. The van der Waals surface area contributed by atoms with E-state index in [-0.39, 0.29) is 0 Å². The fourth-order valence-electron chi connectivity index (χ4n) is 3.34. The average molecular weight is 353 g/mol. The van der Waals surface area contributed by atoms with Crippen molar-refractivity contribution in [2.24, 2.45) is 5.92 Å². The van der Waals surface area contributed by atoms with Gasteiger partial charge in [0.15, 0.2) is 0 Å². The molecular weight excluding hydrogens is 328 g/mol. The zero-order valence-corrected chi connectivity index (χ0v) is 14.5. The van der Waals surface area contributed by atoms with E-state index in [0.717, 1.165) is 29.2 Å². The molecule has 4 heteroatoms. The van der Waals surface area contributed by atoms with Crippen LogP contribution in [0.4, 0.5) is 0 Å². The van der Waals surface area contributed by atoms with Crippen LogP contribution in [-0.2, 0) is 6.54 Å². The lowest BCUT2D eigenvalue weighted by Gasteiger charge is -2.40. The largest absolute Gasteiger partial charge is 0.496 e. The molecule has 1 aliphatic carbocycles. The van der Waals surface area contributed by atoms with E-state index in [0.29, 0.717) is 12.1 Å². The molecule has 1 heterocycles. The molecule has 0 aromatic heterocycles. The first kappa shape index (κ1) is 15.3. The van der Waals surface area contributed by atoms with E-state index in [1.54, 1.807) is 7.11 Å². The maximum Gasteiger partial charge on any atom is 0.133 e. The molecule has 1 aromatic carbocycles. The predicted molar refractivity (Wildman–Crippen MR) is 89.7 cm³/mol. The van der Waals surface area contributed by atoms with Gasteiger partial charge < -0.3 is 10.1 Å². The highest BCUT2D eigenvalue weighted by Gasteiger charge is 2.38. The number of halogens is 1. The monoisotopic (exact) mass is 352 g/mol. The minimum atomic E-state index is 0.640. The molecule has 1 N–H and O–H groups in total. The Morgan fingerprint density at radius 3 is 2.81 bits per heavy atom. The van der Waals surface area contributed by atoms with Gasteiger partial charge >= 0.3 is 0 Å². The van der Waals surface area contributed by atoms with Crippen LogP contribution in [0.3, 0.4) is 0 Å². The van der Waals surface area contributed by atoms with Gasteiger partial charge in [0.1, 0.15) is 5.75 Å². The Morgan fingerprint density at radius 2 is 2.19 bits per heavy atom. The van der Waals surface area contributed by atoms with Gasteiger partial charge in [-0.2, -0.15) is 0 Å². The number of hydrogen-bond donors (Lipinski definition) is 1. The zero-order valence-electron chi connectivity index (χ0n) is 12.9. The molecule has 2 unspecified atom stereocenters. The highest BCUT2D eigenvalue weighted by Crippen LogP contribution is 2.37. The minimum absolute atomic E-state index is 0.640. The van der Waals surface area contributed by atoms with Crippen LogP contribution in [-0.4, -0.2) is 37.2 Å². The number of piperazine rings is 1. The van der Waals surface area contributed by atoms with Gasteiger partial charge in [0.2, 0.25) is 0 Å². The second-order valence-corrected chi connectivity index (χ2v) is 7.17. The van der Waals surface area contributed by atoms with E-state index in [1.807, 2.05) is 0 Å². The van der Waals surface area contributed by atoms with Crippen LogP contribution in [0.5, 0.6) is 5.75 Å². The lowest BCUT2D eigenvalue weighted by Crippen LogP contribution is -2.56. The fourth-order valence-corrected chi connectivity index (χ4v) is 3.93. The zero-order chi connectivity index (χ0) is 14.8. The molecule has 2 fully saturated rings. The van der Waals surface area contributed by atoms with Crippen molar-refractivity contribution in [2.75, 3.05) is 20.2 Å². The summed E-state index contributed by atoms with van der Waals surface area (Å²) >= 11 is 3.60. The third-order valence-electron chi connectivity index (χ3n) is 4.80. The molecule has 0 spiro atoms. The number of rotatable bonds is 5. The SMILES string of the molecule is CCC1CN(Cc2ccc(OC)c(Br)c2)C(C2CC2)CN1. The molecule has 3 nitrogen and oxygen atoms in total. The van der Waals surface area contributed by atoms with Crippen LogP contribution in [0.2, 0.25) is 0 Å². The van der Waals surface area contributed by atoms with E-state index in [4.69, 9.17) is 4.74 Å². The van der Waals surface area contributed by atoms with Crippen LogP contribution in [0, 0.1) is 5.92 Å². The summed E-state index contributed by atoms with van der Waals surface area (Å²) in [5.41, 5.74) is 1.37. The summed E-state index contributed by atoms with van der Waals surface area (Å²) in [6, 6.07) is 7.81. The minimum Gasteiger partial charge on any atom is -0.496 e. The smallest absolute Gasteiger partial charge is 0.133 e. The molecule has 0 amide bonds. The highest BCUT2D eigenvalue weighted by molar-refractivity contribution is 9.10. The molecule has 2 aliphatic rings. The molecule has 3 rings (SSSR count). The van der Waals surface area contributed by atoms with Crippen LogP contribution in [0.15, 0.2) is 22.7 Å². The number of nitrogens with zero attached hydrogens (tertiary/aromatic N) is 1. The van der Waals surface area contributed by atoms with E-state index < -0.39 is 0 Å². The van der Waals surface area contributed by atoms with Crippen molar-refractivity contribution in [2.45, 2.75) is 44.8 Å². The second kappa shape index (κ2) is 6.67. The highest BCUT2D eigenvalue weighted by atomic mass is 79.9. The third kappa shape index (κ3) is 3.61. The van der Waals surface area contributed by atoms with E-state index in [2.05, 4.69) is 51.3 Å². The summed E-state index contributed by atoms with van der Waals surface area (Å²) in [5, 5.41) is 3.71. The Bertz CT molecular complexity index is 490. The van der Waals surface area contributed by atoms with Crippen LogP contribution in [0.1, 0.15) is 31.7 Å². The van der Waals surface area contributed by atoms with Crippen molar-refractivity contribution in [3.8, 4) is 5.75 Å². The van der Waals surface area contributed by atoms with Gasteiger partial charge in [0.25, 0.3) is 0 Å². The average Bonchev–Trinajstić information content (AvgIpc) is 3.32. The number of hydrogen-bond acceptors (Lipinski definition) is 3. The van der Waals surface area contributed by atoms with E-state index in [9.17, 15) is 0 Å². The Hall–Kier alpha value is -0.580. The topological polar surface area (TPSA) is 24.5 Å². The molecule has 1 aromatic rings. The van der Waals surface area contributed by atoms with Crippen LogP contribution in [0.25, 0.3) is 0 Å². The summed E-state index contributed by atoms with van der Waals surface area (Å²) in [4.78, 5) is 2.69. The maximum absolute atomic E-state index is 5.32. The van der Waals surface area contributed by atoms with Gasteiger partial charge in [-0.05, 0) is 58.8 Å². The summed E-state index contributed by atoms with van der Waals surface area (Å²) in [6.07, 6.45) is 4.03. The molecule has 0 radical (unpaired) electrons. The van der Waals surface area contributed by atoms with E-state index >= 15 is 0 Å². The van der Waals surface area contributed by atoms with Gasteiger partial charge in [-0.25, -0.2) is 0 Å². The molecule has 1 saturated heterocycles. The summed E-state index contributed by atoms with van der Waals surface area (Å²) in [7, 11) is 1.71. The standard InChI is InChI=1S/C17H25BrN2O/c1-3-14-11-20(16(9-19-14)13-5-6-13)10-12-4-7-17(21-2)15(18)8-12/h4,7-8,13-14,16,19H,3,5-6,9-11H2,1-2H3. The lowest BCUT2D eigenvalue weighted by atomic mass is 10.0. The Labute approximate surface area is 136 Å². The third-order valence-corrected chi connectivity index (χ3v) is 5.42. The van der Waals surface area contributed by atoms with Gasteiger partial charge in [-0.15, -0.1) is 0 Å². The first-order valence-corrected chi connectivity index (χ1v) is 8.80. The van der Waals surface area contributed by atoms with Crippen molar-refractivity contribution >= 4 is 15.9 Å². The quantitative estimate of drug-likeness (QED) is 0.878. The molecule has 1 aliphatic heterocycles. The molecule has 116 valence electrons. The van der Waals surface area contributed by atoms with Crippen molar-refractivity contribution in [3.63, 3.8) is 0 Å². The first-order valence-electron chi connectivity index (χ1n) is 8.01. The van der Waals surface area contributed by atoms with Crippen LogP contribution < -0.4 is 10.1 Å². The first-order chi connectivity index (χ1) is 10.2. The van der Waals surface area contributed by atoms with Crippen LogP contribution >= 0.6 is 15.9 Å². The maximum atomic E-state index is 5.32. The summed E-state index contributed by atoms with van der Waals surface area (Å²) in [5.74, 6) is 1.82. The number of benzene rings is 1. The van der Waals surface area contributed by atoms with Gasteiger partial charge in [0, 0.05) is 31.7 Å². The Morgan fingerprint density at radius 1 is 1.38 bits per heavy atom. The number of nitrogens with one attached hydrogen (secondary N) is 1. The van der Waals surface area contributed by atoms with Gasteiger partial charge in [0.05, 0.1) is 11.6 Å². The van der Waals surface area contributed by atoms with E-state index in [1.165, 1.54) is 31.4 Å². The Balaban J connectivity index is 1.72. The summed E-state index contributed by atoms with van der Waals surface area (Å²) in [6.45, 7) is 5.64. The lowest BCUT2D eigenvalue weighted by molar-refractivity contribution is 0.106. The second-order valence-electron chi connectivity index (χ2n) is 6.32. The van der Waals surface area contributed by atoms with Crippen molar-refractivity contribution in [3.05, 3.63) is 28.2 Å². The molecule has 21 heavy (non-hydrogen) atoms. The molecule has 1 saturated carbocycles. The van der Waals surface area contributed by atoms with Crippen molar-refractivity contribution in [1.29, 1.82) is 0 Å². The van der Waals surface area contributed by atoms with Gasteiger partial charge in [-0.3, -0.25) is 4.90 Å². The fraction of sp³-hybridized carbons (Fsp3) is 0.647. The molecule has 0 bridgehead atoms. The Kier molecular flexibility index (Phi) is 4.87. The predicted octanol–water partition coefficient (Wildman–Crippen LogP) is 3.42. The molecule has 2 atom stereocenters. The number of methoxy groups -OCH3 is 1.